The third-order valence-electron chi connectivity index (χ3n) is 6.04. The van der Waals surface area contributed by atoms with Crippen molar-refractivity contribution < 1.29 is 19.5 Å². The molecule has 2 N–H and O–H groups in total. The molecule has 0 aromatic carbocycles. The standard InChI is InChI=1S/C19H32N2O4/c1-4-14(3)17(23)21-11-5-6-15(12-21)16(22)20-19(18(24)25)9-7-13(2)8-10-19/h13-15H,4-12H2,1-3H3,(H,20,22)(H,24,25). The van der Waals surface area contributed by atoms with Gasteiger partial charge in [-0.15, -0.1) is 0 Å². The molecule has 1 saturated carbocycles. The van der Waals surface area contributed by atoms with Crippen molar-refractivity contribution >= 4 is 17.8 Å². The average molecular weight is 352 g/mol. The third-order valence-corrected chi connectivity index (χ3v) is 6.04. The maximum absolute atomic E-state index is 12.8. The van der Waals surface area contributed by atoms with Crippen molar-refractivity contribution in [3.63, 3.8) is 0 Å². The summed E-state index contributed by atoms with van der Waals surface area (Å²) in [5.74, 6) is -0.888. The molecule has 0 bridgehead atoms. The number of carboxylic acids is 1. The lowest BCUT2D eigenvalue weighted by atomic mass is 9.76. The van der Waals surface area contributed by atoms with Crippen molar-refractivity contribution in [3.8, 4) is 0 Å². The molecule has 25 heavy (non-hydrogen) atoms. The molecule has 2 fully saturated rings. The van der Waals surface area contributed by atoms with Gasteiger partial charge in [0.15, 0.2) is 0 Å². The lowest BCUT2D eigenvalue weighted by Crippen LogP contribution is -2.59. The number of hydrogen-bond donors (Lipinski definition) is 2. The SMILES string of the molecule is CCC(C)C(=O)N1CCCC(C(=O)NC2(C(=O)O)CCC(C)CC2)C1. The molecular weight excluding hydrogens is 320 g/mol. The maximum atomic E-state index is 12.8. The van der Waals surface area contributed by atoms with Crippen molar-refractivity contribution in [1.29, 1.82) is 0 Å². The van der Waals surface area contributed by atoms with E-state index >= 15 is 0 Å². The quantitative estimate of drug-likeness (QED) is 0.795. The summed E-state index contributed by atoms with van der Waals surface area (Å²) in [7, 11) is 0. The molecule has 0 spiro atoms. The Morgan fingerprint density at radius 3 is 2.44 bits per heavy atom. The Morgan fingerprint density at radius 2 is 1.88 bits per heavy atom. The number of piperidine rings is 1. The molecule has 6 heteroatoms. The van der Waals surface area contributed by atoms with E-state index < -0.39 is 11.5 Å². The zero-order chi connectivity index (χ0) is 18.6. The molecular formula is C19H32N2O4. The number of nitrogens with zero attached hydrogens (tertiary/aromatic N) is 1. The minimum Gasteiger partial charge on any atom is -0.480 e. The van der Waals surface area contributed by atoms with Crippen LogP contribution >= 0.6 is 0 Å². The largest absolute Gasteiger partial charge is 0.480 e. The fourth-order valence-electron chi connectivity index (χ4n) is 3.86. The first kappa shape index (κ1) is 19.7. The van der Waals surface area contributed by atoms with Crippen LogP contribution in [0.15, 0.2) is 0 Å². The lowest BCUT2D eigenvalue weighted by Gasteiger charge is -2.39. The van der Waals surface area contributed by atoms with E-state index in [0.29, 0.717) is 38.3 Å². The van der Waals surface area contributed by atoms with Gasteiger partial charge in [0.2, 0.25) is 11.8 Å². The van der Waals surface area contributed by atoms with Gasteiger partial charge in [0.05, 0.1) is 5.92 Å². The van der Waals surface area contributed by atoms with Gasteiger partial charge in [-0.3, -0.25) is 9.59 Å². The first-order valence-electron chi connectivity index (χ1n) is 9.63. The van der Waals surface area contributed by atoms with Crippen LogP contribution in [-0.2, 0) is 14.4 Å². The second kappa shape index (κ2) is 8.19. The normalized spacial score (nSPS) is 31.2. The Balaban J connectivity index is 2.01. The van der Waals surface area contributed by atoms with Gasteiger partial charge in [-0.2, -0.15) is 0 Å². The number of carbonyl (C=O) groups excluding carboxylic acids is 2. The molecule has 142 valence electrons. The number of likely N-dealkylation sites (tertiary alicyclic amines) is 1. The van der Waals surface area contributed by atoms with Crippen molar-refractivity contribution in [2.45, 2.75) is 71.3 Å². The highest BCUT2D eigenvalue weighted by Gasteiger charge is 2.44. The fourth-order valence-corrected chi connectivity index (χ4v) is 3.86. The smallest absolute Gasteiger partial charge is 0.329 e. The molecule has 0 radical (unpaired) electrons. The molecule has 6 nitrogen and oxygen atoms in total. The van der Waals surface area contributed by atoms with Crippen molar-refractivity contribution in [2.75, 3.05) is 13.1 Å². The van der Waals surface area contributed by atoms with Crippen LogP contribution in [0.5, 0.6) is 0 Å². The van der Waals surface area contributed by atoms with Crippen LogP contribution in [-0.4, -0.2) is 46.4 Å². The zero-order valence-corrected chi connectivity index (χ0v) is 15.7. The molecule has 1 aliphatic heterocycles. The van der Waals surface area contributed by atoms with Gasteiger partial charge < -0.3 is 15.3 Å². The van der Waals surface area contributed by atoms with Crippen LogP contribution < -0.4 is 5.32 Å². The molecule has 0 aromatic heterocycles. The van der Waals surface area contributed by atoms with E-state index in [2.05, 4.69) is 12.2 Å². The number of carbonyl (C=O) groups is 3. The second-order valence-corrected chi connectivity index (χ2v) is 7.99. The van der Waals surface area contributed by atoms with Gasteiger partial charge >= 0.3 is 5.97 Å². The van der Waals surface area contributed by atoms with Crippen molar-refractivity contribution in [2.24, 2.45) is 17.8 Å². The lowest BCUT2D eigenvalue weighted by molar-refractivity contribution is -0.151. The molecule has 2 amide bonds. The van der Waals surface area contributed by atoms with Crippen LogP contribution in [0.25, 0.3) is 0 Å². The predicted octanol–water partition coefficient (Wildman–Crippen LogP) is 2.42. The molecule has 0 aromatic rings. The van der Waals surface area contributed by atoms with E-state index in [0.717, 1.165) is 25.7 Å². The maximum Gasteiger partial charge on any atom is 0.329 e. The van der Waals surface area contributed by atoms with Crippen LogP contribution in [0.3, 0.4) is 0 Å². The van der Waals surface area contributed by atoms with Crippen LogP contribution in [0.4, 0.5) is 0 Å². The van der Waals surface area contributed by atoms with Crippen LogP contribution in [0.2, 0.25) is 0 Å². The number of nitrogens with one attached hydrogen (secondary N) is 1. The number of aliphatic carboxylic acids is 1. The molecule has 1 heterocycles. The van der Waals surface area contributed by atoms with Crippen LogP contribution in [0, 0.1) is 17.8 Å². The highest BCUT2D eigenvalue weighted by Crippen LogP contribution is 2.33. The summed E-state index contributed by atoms with van der Waals surface area (Å²) in [6, 6.07) is 0. The Morgan fingerprint density at radius 1 is 1.24 bits per heavy atom. The number of carboxylic acid groups (broad SMARTS) is 1. The van der Waals surface area contributed by atoms with Crippen molar-refractivity contribution in [1.82, 2.24) is 10.2 Å². The van der Waals surface area contributed by atoms with Gasteiger partial charge in [-0.05, 0) is 50.9 Å². The van der Waals surface area contributed by atoms with E-state index in [4.69, 9.17) is 0 Å². The minimum absolute atomic E-state index is 0.0352. The summed E-state index contributed by atoms with van der Waals surface area (Å²) < 4.78 is 0. The Bertz CT molecular complexity index is 512. The van der Waals surface area contributed by atoms with E-state index in [1.54, 1.807) is 4.90 Å². The van der Waals surface area contributed by atoms with Crippen molar-refractivity contribution in [3.05, 3.63) is 0 Å². The summed E-state index contributed by atoms with van der Waals surface area (Å²) in [5.41, 5.74) is -1.13. The van der Waals surface area contributed by atoms with Gasteiger partial charge in [-0.1, -0.05) is 20.8 Å². The first-order valence-corrected chi connectivity index (χ1v) is 9.63. The Labute approximate surface area is 150 Å². The summed E-state index contributed by atoms with van der Waals surface area (Å²) in [4.78, 5) is 38.7. The number of rotatable bonds is 5. The fraction of sp³-hybridized carbons (Fsp3) is 0.842. The average Bonchev–Trinajstić information content (AvgIpc) is 2.62. The van der Waals surface area contributed by atoms with E-state index in [1.165, 1.54) is 0 Å². The van der Waals surface area contributed by atoms with Gasteiger partial charge in [0.25, 0.3) is 0 Å². The topological polar surface area (TPSA) is 86.7 Å². The summed E-state index contributed by atoms with van der Waals surface area (Å²) in [5, 5.41) is 12.5. The number of amides is 2. The molecule has 2 aliphatic rings. The molecule has 2 unspecified atom stereocenters. The van der Waals surface area contributed by atoms with E-state index in [1.807, 2.05) is 13.8 Å². The predicted molar refractivity (Wildman–Crippen MR) is 94.9 cm³/mol. The third kappa shape index (κ3) is 4.53. The second-order valence-electron chi connectivity index (χ2n) is 7.99. The zero-order valence-electron chi connectivity index (χ0n) is 15.7. The Kier molecular flexibility index (Phi) is 6.47. The van der Waals surface area contributed by atoms with E-state index in [9.17, 15) is 19.5 Å². The Hall–Kier alpha value is -1.59. The molecule has 2 atom stereocenters. The summed E-state index contributed by atoms with van der Waals surface area (Å²) >= 11 is 0. The monoisotopic (exact) mass is 352 g/mol. The van der Waals surface area contributed by atoms with Gasteiger partial charge in [0, 0.05) is 19.0 Å². The van der Waals surface area contributed by atoms with E-state index in [-0.39, 0.29) is 23.7 Å². The molecule has 1 aliphatic carbocycles. The van der Waals surface area contributed by atoms with Gasteiger partial charge in [0.1, 0.15) is 5.54 Å². The highest BCUT2D eigenvalue weighted by atomic mass is 16.4. The molecule has 2 rings (SSSR count). The number of hydrogen-bond acceptors (Lipinski definition) is 3. The highest BCUT2D eigenvalue weighted by molar-refractivity contribution is 5.89. The minimum atomic E-state index is -1.13. The van der Waals surface area contributed by atoms with Crippen LogP contribution in [0.1, 0.15) is 65.7 Å². The van der Waals surface area contributed by atoms with Gasteiger partial charge in [-0.25, -0.2) is 4.79 Å². The summed E-state index contributed by atoms with van der Waals surface area (Å²) in [6.45, 7) is 7.11. The summed E-state index contributed by atoms with van der Waals surface area (Å²) in [6.07, 6.45) is 4.88. The first-order chi connectivity index (χ1) is 11.8. The molecule has 1 saturated heterocycles.